The van der Waals surface area contributed by atoms with Crippen molar-refractivity contribution in [1.82, 2.24) is 0 Å². The second-order valence-corrected chi connectivity index (χ2v) is 5.74. The van der Waals surface area contributed by atoms with E-state index < -0.39 is 17.3 Å². The first-order valence-corrected chi connectivity index (χ1v) is 7.50. The van der Waals surface area contributed by atoms with E-state index in [2.05, 4.69) is 0 Å². The first-order valence-electron chi connectivity index (χ1n) is 7.50. The lowest BCUT2D eigenvalue weighted by atomic mass is 9.58. The number of hydrogen-bond acceptors (Lipinski definition) is 1. The number of likely N-dealkylation sites (N-methyl/N-ethyl adjacent to an activating group) is 1. The SMILES string of the molecule is CCN1C(=O)C(C)(C(CC)(CC)[C](F)F)c2ccccc21. The Morgan fingerprint density at radius 3 is 2.24 bits per heavy atom. The predicted octanol–water partition coefficient (Wildman–Crippen LogP) is 4.55. The van der Waals surface area contributed by atoms with Gasteiger partial charge in [0.25, 0.3) is 0 Å². The lowest BCUT2D eigenvalue weighted by molar-refractivity contribution is -0.130. The summed E-state index contributed by atoms with van der Waals surface area (Å²) in [7, 11) is 0. The van der Waals surface area contributed by atoms with Gasteiger partial charge in [0.05, 0.1) is 10.8 Å². The number of para-hydroxylation sites is 1. The molecule has 1 atom stereocenters. The zero-order chi connectivity index (χ0) is 15.8. The minimum atomic E-state index is -1.64. The van der Waals surface area contributed by atoms with Gasteiger partial charge in [-0.05, 0) is 38.3 Å². The van der Waals surface area contributed by atoms with Crippen molar-refractivity contribution in [2.45, 2.75) is 46.0 Å². The predicted molar refractivity (Wildman–Crippen MR) is 80.3 cm³/mol. The monoisotopic (exact) mass is 294 g/mol. The number of hydrogen-bond donors (Lipinski definition) is 0. The molecule has 1 aliphatic heterocycles. The Hall–Kier alpha value is -1.45. The summed E-state index contributed by atoms with van der Waals surface area (Å²) in [5.74, 6) is -0.220. The molecule has 0 saturated carbocycles. The fourth-order valence-corrected chi connectivity index (χ4v) is 3.82. The lowest BCUT2D eigenvalue weighted by Gasteiger charge is -2.43. The van der Waals surface area contributed by atoms with Crippen molar-refractivity contribution in [2.75, 3.05) is 11.4 Å². The first-order chi connectivity index (χ1) is 9.90. The van der Waals surface area contributed by atoms with E-state index in [-0.39, 0.29) is 18.7 Å². The first kappa shape index (κ1) is 15.9. The molecule has 4 heteroatoms. The Morgan fingerprint density at radius 2 is 1.76 bits per heavy atom. The molecule has 0 aromatic heterocycles. The molecular formula is C17H22F2NO. The molecule has 2 rings (SSSR count). The highest BCUT2D eigenvalue weighted by molar-refractivity contribution is 6.08. The van der Waals surface area contributed by atoms with E-state index in [1.54, 1.807) is 25.7 Å². The second-order valence-electron chi connectivity index (χ2n) is 5.74. The van der Waals surface area contributed by atoms with E-state index >= 15 is 0 Å². The quantitative estimate of drug-likeness (QED) is 0.780. The summed E-state index contributed by atoms with van der Waals surface area (Å²) in [6.45, 7) is 7.51. The van der Waals surface area contributed by atoms with Crippen molar-refractivity contribution in [3.8, 4) is 0 Å². The lowest BCUT2D eigenvalue weighted by Crippen LogP contribution is -2.52. The molecule has 1 aliphatic rings. The molecule has 21 heavy (non-hydrogen) atoms. The Kier molecular flexibility index (Phi) is 4.09. The Morgan fingerprint density at radius 1 is 1.19 bits per heavy atom. The minimum Gasteiger partial charge on any atom is -0.312 e. The van der Waals surface area contributed by atoms with Crippen LogP contribution in [-0.4, -0.2) is 12.5 Å². The summed E-state index contributed by atoms with van der Waals surface area (Å²) in [5.41, 5.74) is -1.14. The summed E-state index contributed by atoms with van der Waals surface area (Å²) in [4.78, 5) is 14.6. The number of rotatable bonds is 5. The van der Waals surface area contributed by atoms with E-state index in [9.17, 15) is 13.6 Å². The van der Waals surface area contributed by atoms with Gasteiger partial charge in [0, 0.05) is 12.2 Å². The van der Waals surface area contributed by atoms with Gasteiger partial charge in [-0.1, -0.05) is 32.0 Å². The molecule has 0 saturated heterocycles. The maximum absolute atomic E-state index is 13.9. The van der Waals surface area contributed by atoms with Crippen LogP contribution in [-0.2, 0) is 10.2 Å². The van der Waals surface area contributed by atoms with Gasteiger partial charge in [0.1, 0.15) is 0 Å². The third-order valence-corrected chi connectivity index (χ3v) is 5.25. The van der Waals surface area contributed by atoms with Crippen molar-refractivity contribution in [1.29, 1.82) is 0 Å². The molecule has 2 nitrogen and oxygen atoms in total. The van der Waals surface area contributed by atoms with Crippen LogP contribution in [0.4, 0.5) is 14.5 Å². The smallest absolute Gasteiger partial charge is 0.312 e. The minimum absolute atomic E-state index is 0.220. The van der Waals surface area contributed by atoms with E-state index in [0.29, 0.717) is 12.1 Å². The Bertz CT molecular complexity index is 539. The molecule has 1 radical (unpaired) electrons. The van der Waals surface area contributed by atoms with Crippen LogP contribution in [0.15, 0.2) is 24.3 Å². The molecule has 1 heterocycles. The number of fused-ring (bicyclic) bond motifs is 1. The Balaban J connectivity index is 2.74. The van der Waals surface area contributed by atoms with E-state index in [4.69, 9.17) is 0 Å². The van der Waals surface area contributed by atoms with Crippen molar-refractivity contribution in [3.63, 3.8) is 0 Å². The van der Waals surface area contributed by atoms with Gasteiger partial charge in [-0.15, -0.1) is 0 Å². The average molecular weight is 294 g/mol. The molecule has 1 unspecified atom stereocenters. The van der Waals surface area contributed by atoms with Crippen molar-refractivity contribution in [2.24, 2.45) is 5.41 Å². The standard InChI is InChI=1S/C17H22F2NO/c1-5-17(6-2,14(18)19)16(4)12-10-8-9-11-13(12)20(7-3)15(16)21/h8-11H,5-7H2,1-4H3. The summed E-state index contributed by atoms with van der Waals surface area (Å²) >= 11 is 0. The van der Waals surface area contributed by atoms with Crippen molar-refractivity contribution >= 4 is 11.6 Å². The summed E-state index contributed by atoms with van der Waals surface area (Å²) < 4.78 is 27.8. The number of amides is 1. The van der Waals surface area contributed by atoms with E-state index in [1.165, 1.54) is 0 Å². The largest absolute Gasteiger partial charge is 0.317 e. The fraction of sp³-hybridized carbons (Fsp3) is 0.529. The van der Waals surface area contributed by atoms with Gasteiger partial charge in [-0.3, -0.25) is 4.79 Å². The van der Waals surface area contributed by atoms with Gasteiger partial charge < -0.3 is 4.90 Å². The van der Waals surface area contributed by atoms with Crippen LogP contribution in [0.25, 0.3) is 0 Å². The molecule has 0 spiro atoms. The van der Waals surface area contributed by atoms with Gasteiger partial charge in [0.2, 0.25) is 5.91 Å². The zero-order valence-electron chi connectivity index (χ0n) is 13.0. The van der Waals surface area contributed by atoms with Gasteiger partial charge in [0.15, 0.2) is 0 Å². The number of anilines is 1. The molecule has 1 aromatic rings. The van der Waals surface area contributed by atoms with Crippen LogP contribution < -0.4 is 4.90 Å². The molecule has 115 valence electrons. The van der Waals surface area contributed by atoms with Crippen molar-refractivity contribution in [3.05, 3.63) is 36.3 Å². The molecule has 0 aliphatic carbocycles. The number of carbonyl (C=O) groups excluding carboxylic acids is 1. The average Bonchev–Trinajstić information content (AvgIpc) is 2.70. The van der Waals surface area contributed by atoms with Crippen LogP contribution in [0.1, 0.15) is 46.1 Å². The number of nitrogens with zero attached hydrogens (tertiary/aromatic N) is 1. The molecule has 0 N–H and O–H groups in total. The van der Waals surface area contributed by atoms with E-state index in [1.807, 2.05) is 31.2 Å². The van der Waals surface area contributed by atoms with Crippen LogP contribution >= 0.6 is 0 Å². The molecular weight excluding hydrogens is 272 g/mol. The van der Waals surface area contributed by atoms with Crippen LogP contribution in [0, 0.1) is 11.8 Å². The van der Waals surface area contributed by atoms with Gasteiger partial charge in [-0.2, -0.15) is 8.78 Å². The zero-order valence-corrected chi connectivity index (χ0v) is 13.0. The fourth-order valence-electron chi connectivity index (χ4n) is 3.82. The summed E-state index contributed by atoms with van der Waals surface area (Å²) in [6.07, 6.45) is -1.17. The van der Waals surface area contributed by atoms with Crippen LogP contribution in [0.2, 0.25) is 0 Å². The molecule has 0 bridgehead atoms. The normalized spacial score (nSPS) is 22.0. The van der Waals surface area contributed by atoms with Crippen LogP contribution in [0.5, 0.6) is 0 Å². The van der Waals surface area contributed by atoms with Crippen LogP contribution in [0.3, 0.4) is 0 Å². The third-order valence-electron chi connectivity index (χ3n) is 5.25. The second kappa shape index (κ2) is 5.39. The Labute approximate surface area is 125 Å². The highest BCUT2D eigenvalue weighted by atomic mass is 19.3. The maximum Gasteiger partial charge on any atom is 0.317 e. The molecule has 1 amide bonds. The summed E-state index contributed by atoms with van der Waals surface area (Å²) in [5, 5.41) is 0. The maximum atomic E-state index is 13.9. The third kappa shape index (κ3) is 1.84. The van der Waals surface area contributed by atoms with Gasteiger partial charge in [-0.25, -0.2) is 0 Å². The summed E-state index contributed by atoms with van der Waals surface area (Å²) in [6, 6.07) is 7.31. The topological polar surface area (TPSA) is 20.3 Å². The van der Waals surface area contributed by atoms with E-state index in [0.717, 1.165) is 5.69 Å². The molecule has 0 fully saturated rings. The number of carbonyl (C=O) groups is 1. The number of benzene rings is 1. The number of halogens is 2. The van der Waals surface area contributed by atoms with Crippen molar-refractivity contribution < 1.29 is 13.6 Å². The van der Waals surface area contributed by atoms with Gasteiger partial charge >= 0.3 is 6.43 Å². The highest BCUT2D eigenvalue weighted by Crippen LogP contribution is 2.59. The highest BCUT2D eigenvalue weighted by Gasteiger charge is 2.63. The molecule has 1 aromatic carbocycles.